The van der Waals surface area contributed by atoms with Crippen molar-refractivity contribution in [2.24, 2.45) is 0 Å². The second-order valence-electron chi connectivity index (χ2n) is 8.13. The van der Waals surface area contributed by atoms with Gasteiger partial charge in [-0.3, -0.25) is 4.90 Å². The first-order valence-corrected chi connectivity index (χ1v) is 10.1. The van der Waals surface area contributed by atoms with Crippen molar-refractivity contribution in [1.82, 2.24) is 4.90 Å². The number of nitrogens with one attached hydrogen (secondary N) is 1. The number of phenolic OH excluding ortho intramolecular Hbond substituents is 1. The number of nitrogens with zero attached hydrogens (tertiary/aromatic N) is 1. The van der Waals surface area contributed by atoms with Crippen molar-refractivity contribution in [3.8, 4) is 5.75 Å². The number of halogens is 1. The Labute approximate surface area is 156 Å². The lowest BCUT2D eigenvalue weighted by Gasteiger charge is -2.48. The van der Waals surface area contributed by atoms with E-state index in [1.807, 2.05) is 0 Å². The Balaban J connectivity index is 1.48. The standard InChI is InChI=1S/C21H33FN2O2/c1-3-14-26-18-6-10-21(2,11-7-18)24-12-8-17(9-13-24)23-19-15-16(22)4-5-20(19)25/h4-5,15,17-18,23,25H,3,6-14H2,1-2H3/t18-,21-. The molecule has 1 saturated carbocycles. The second-order valence-corrected chi connectivity index (χ2v) is 8.13. The van der Waals surface area contributed by atoms with Gasteiger partial charge in [-0.05, 0) is 64.0 Å². The fraction of sp³-hybridized carbons (Fsp3) is 0.714. The molecule has 2 N–H and O–H groups in total. The van der Waals surface area contributed by atoms with Crippen LogP contribution in [0.5, 0.6) is 5.75 Å². The normalized spacial score (nSPS) is 28.2. The molecule has 4 nitrogen and oxygen atoms in total. The predicted octanol–water partition coefficient (Wildman–Crippen LogP) is 4.54. The van der Waals surface area contributed by atoms with Crippen molar-refractivity contribution >= 4 is 5.69 Å². The first kappa shape index (κ1) is 19.4. The molecule has 146 valence electrons. The van der Waals surface area contributed by atoms with Gasteiger partial charge in [0.15, 0.2) is 0 Å². The van der Waals surface area contributed by atoms with Crippen LogP contribution in [0.4, 0.5) is 10.1 Å². The molecule has 0 amide bonds. The number of anilines is 1. The highest BCUT2D eigenvalue weighted by Crippen LogP contribution is 2.37. The van der Waals surface area contributed by atoms with Crippen molar-refractivity contribution in [1.29, 1.82) is 0 Å². The van der Waals surface area contributed by atoms with Crippen LogP contribution in [0.2, 0.25) is 0 Å². The summed E-state index contributed by atoms with van der Waals surface area (Å²) in [4.78, 5) is 2.63. The fourth-order valence-corrected chi connectivity index (χ4v) is 4.39. The summed E-state index contributed by atoms with van der Waals surface area (Å²) in [5, 5.41) is 13.2. The molecule has 1 aliphatic heterocycles. The van der Waals surface area contributed by atoms with Crippen LogP contribution in [-0.4, -0.2) is 47.4 Å². The van der Waals surface area contributed by atoms with Crippen molar-refractivity contribution < 1.29 is 14.2 Å². The van der Waals surface area contributed by atoms with Gasteiger partial charge >= 0.3 is 0 Å². The van der Waals surface area contributed by atoms with Crippen LogP contribution in [0.3, 0.4) is 0 Å². The molecule has 1 aromatic rings. The number of rotatable bonds is 6. The zero-order chi connectivity index (χ0) is 18.6. The fourth-order valence-electron chi connectivity index (χ4n) is 4.39. The largest absolute Gasteiger partial charge is 0.506 e. The van der Waals surface area contributed by atoms with Gasteiger partial charge in [-0.15, -0.1) is 0 Å². The highest BCUT2D eigenvalue weighted by atomic mass is 19.1. The number of ether oxygens (including phenoxy) is 1. The van der Waals surface area contributed by atoms with Gasteiger partial charge in [0.1, 0.15) is 11.6 Å². The first-order chi connectivity index (χ1) is 12.5. The van der Waals surface area contributed by atoms with Gasteiger partial charge in [0.25, 0.3) is 0 Å². The van der Waals surface area contributed by atoms with Crippen LogP contribution in [0.1, 0.15) is 58.8 Å². The second kappa shape index (κ2) is 8.57. The molecular formula is C21H33FN2O2. The number of likely N-dealkylation sites (tertiary alicyclic amines) is 1. The van der Waals surface area contributed by atoms with E-state index in [1.165, 1.54) is 31.0 Å². The lowest BCUT2D eigenvalue weighted by atomic mass is 9.79. The van der Waals surface area contributed by atoms with Crippen LogP contribution in [-0.2, 0) is 4.74 Å². The molecule has 5 heteroatoms. The minimum absolute atomic E-state index is 0.117. The molecule has 0 spiro atoms. The summed E-state index contributed by atoms with van der Waals surface area (Å²) in [6.45, 7) is 7.53. The van der Waals surface area contributed by atoms with Gasteiger partial charge in [-0.25, -0.2) is 4.39 Å². The number of aromatic hydroxyl groups is 1. The Bertz CT molecular complexity index is 579. The van der Waals surface area contributed by atoms with Gasteiger partial charge in [0.05, 0.1) is 11.8 Å². The van der Waals surface area contributed by atoms with E-state index in [2.05, 4.69) is 24.1 Å². The average molecular weight is 365 g/mol. The Morgan fingerprint density at radius 3 is 2.58 bits per heavy atom. The quantitative estimate of drug-likeness (QED) is 0.728. The topological polar surface area (TPSA) is 44.7 Å². The molecule has 0 bridgehead atoms. The average Bonchev–Trinajstić information content (AvgIpc) is 2.65. The number of phenols is 1. The highest BCUT2D eigenvalue weighted by Gasteiger charge is 2.38. The van der Waals surface area contributed by atoms with E-state index in [1.54, 1.807) is 0 Å². The van der Waals surface area contributed by atoms with E-state index in [0.717, 1.165) is 51.8 Å². The van der Waals surface area contributed by atoms with Crippen molar-refractivity contribution in [3.63, 3.8) is 0 Å². The smallest absolute Gasteiger partial charge is 0.138 e. The molecular weight excluding hydrogens is 331 g/mol. The van der Waals surface area contributed by atoms with E-state index < -0.39 is 0 Å². The van der Waals surface area contributed by atoms with Crippen LogP contribution < -0.4 is 5.32 Å². The lowest BCUT2D eigenvalue weighted by molar-refractivity contribution is -0.0277. The molecule has 1 aliphatic carbocycles. The SMILES string of the molecule is CCCO[C@H]1CC[C@](C)(N2CCC(Nc3cc(F)ccc3O)CC2)CC1. The van der Waals surface area contributed by atoms with Gasteiger partial charge in [0, 0.05) is 37.3 Å². The number of hydrogen-bond donors (Lipinski definition) is 2. The maximum atomic E-state index is 13.4. The van der Waals surface area contributed by atoms with E-state index in [4.69, 9.17) is 4.74 Å². The zero-order valence-corrected chi connectivity index (χ0v) is 16.1. The van der Waals surface area contributed by atoms with Gasteiger partial charge < -0.3 is 15.2 Å². The molecule has 0 unspecified atom stereocenters. The van der Waals surface area contributed by atoms with Crippen molar-refractivity contribution in [3.05, 3.63) is 24.0 Å². The van der Waals surface area contributed by atoms with E-state index in [0.29, 0.717) is 11.8 Å². The Kier molecular flexibility index (Phi) is 6.41. The lowest BCUT2D eigenvalue weighted by Crippen LogP contribution is -2.53. The molecule has 3 rings (SSSR count). The summed E-state index contributed by atoms with van der Waals surface area (Å²) in [7, 11) is 0. The van der Waals surface area contributed by atoms with Crippen molar-refractivity contribution in [2.45, 2.75) is 76.5 Å². The minimum atomic E-state index is -0.322. The molecule has 2 fully saturated rings. The van der Waals surface area contributed by atoms with Gasteiger partial charge in [0.2, 0.25) is 0 Å². The van der Waals surface area contributed by atoms with E-state index in [9.17, 15) is 9.50 Å². The Morgan fingerprint density at radius 1 is 1.23 bits per heavy atom. The summed E-state index contributed by atoms with van der Waals surface area (Å²) < 4.78 is 19.3. The van der Waals surface area contributed by atoms with E-state index >= 15 is 0 Å². The van der Waals surface area contributed by atoms with Crippen LogP contribution in [0.15, 0.2) is 18.2 Å². The number of benzene rings is 1. The maximum Gasteiger partial charge on any atom is 0.138 e. The minimum Gasteiger partial charge on any atom is -0.506 e. The Hall–Kier alpha value is -1.33. The third-order valence-corrected chi connectivity index (χ3v) is 6.14. The summed E-state index contributed by atoms with van der Waals surface area (Å²) >= 11 is 0. The van der Waals surface area contributed by atoms with Crippen LogP contribution in [0, 0.1) is 5.82 Å². The third-order valence-electron chi connectivity index (χ3n) is 6.14. The molecule has 1 saturated heterocycles. The molecule has 0 aromatic heterocycles. The Morgan fingerprint density at radius 2 is 1.92 bits per heavy atom. The number of piperidine rings is 1. The summed E-state index contributed by atoms with van der Waals surface area (Å²) in [6, 6.07) is 4.35. The van der Waals surface area contributed by atoms with Gasteiger partial charge in [-0.1, -0.05) is 6.92 Å². The number of hydrogen-bond acceptors (Lipinski definition) is 4. The molecule has 0 atom stereocenters. The molecule has 2 aliphatic rings. The van der Waals surface area contributed by atoms with Crippen LogP contribution >= 0.6 is 0 Å². The zero-order valence-electron chi connectivity index (χ0n) is 16.1. The van der Waals surface area contributed by atoms with Crippen molar-refractivity contribution in [2.75, 3.05) is 25.0 Å². The molecule has 0 radical (unpaired) electrons. The van der Waals surface area contributed by atoms with E-state index in [-0.39, 0.29) is 23.1 Å². The summed E-state index contributed by atoms with van der Waals surface area (Å²) in [5.74, 6) is -0.205. The molecule has 1 aromatic carbocycles. The summed E-state index contributed by atoms with van der Waals surface area (Å²) in [5.41, 5.74) is 0.779. The first-order valence-electron chi connectivity index (χ1n) is 10.1. The highest BCUT2D eigenvalue weighted by molar-refractivity contribution is 5.56. The monoisotopic (exact) mass is 364 g/mol. The molecule has 26 heavy (non-hydrogen) atoms. The van der Waals surface area contributed by atoms with Crippen LogP contribution in [0.25, 0.3) is 0 Å². The predicted molar refractivity (Wildman–Crippen MR) is 103 cm³/mol. The molecule has 1 heterocycles. The maximum absolute atomic E-state index is 13.4. The van der Waals surface area contributed by atoms with Gasteiger partial charge in [-0.2, -0.15) is 0 Å². The summed E-state index contributed by atoms with van der Waals surface area (Å²) in [6.07, 6.45) is 8.28. The third kappa shape index (κ3) is 4.68.